The van der Waals surface area contributed by atoms with E-state index in [2.05, 4.69) is 38.2 Å². The lowest BCUT2D eigenvalue weighted by atomic mass is 10.0. The van der Waals surface area contributed by atoms with Gasteiger partial charge in [-0.15, -0.1) is 0 Å². The molecule has 0 aromatic heterocycles. The highest BCUT2D eigenvalue weighted by atomic mass is 32.2. The monoisotopic (exact) mass is 297 g/mol. The Kier molecular flexibility index (Phi) is 6.21. The highest BCUT2D eigenvalue weighted by Gasteiger charge is 2.23. The second kappa shape index (κ2) is 7.23. The lowest BCUT2D eigenvalue weighted by Crippen LogP contribution is -2.31. The van der Waals surface area contributed by atoms with Gasteiger partial charge in [-0.2, -0.15) is 0 Å². The molecule has 4 heteroatoms. The van der Waals surface area contributed by atoms with Gasteiger partial charge in [0.2, 0.25) is 0 Å². The van der Waals surface area contributed by atoms with Crippen LogP contribution in [0.15, 0.2) is 18.2 Å². The summed E-state index contributed by atoms with van der Waals surface area (Å²) in [4.78, 5) is 0. The zero-order chi connectivity index (χ0) is 15.3. The predicted octanol–water partition coefficient (Wildman–Crippen LogP) is 3.17. The van der Waals surface area contributed by atoms with E-state index < -0.39 is 9.84 Å². The Bertz CT molecular complexity index is 535. The maximum atomic E-state index is 12.2. The number of nitrogens with one attached hydrogen (secondary N) is 1. The van der Waals surface area contributed by atoms with Gasteiger partial charge in [0.25, 0.3) is 0 Å². The van der Waals surface area contributed by atoms with Crippen molar-refractivity contribution in [3.8, 4) is 0 Å². The van der Waals surface area contributed by atoms with Crippen LogP contribution < -0.4 is 5.32 Å². The summed E-state index contributed by atoms with van der Waals surface area (Å²) < 4.78 is 24.4. The second-order valence-electron chi connectivity index (χ2n) is 5.73. The maximum Gasteiger partial charge on any atom is 0.154 e. The number of aryl methyl sites for hydroxylation is 2. The third-order valence-electron chi connectivity index (χ3n) is 3.69. The number of hydrogen-bond acceptors (Lipinski definition) is 3. The fourth-order valence-corrected chi connectivity index (χ4v) is 3.16. The van der Waals surface area contributed by atoms with Crippen molar-refractivity contribution >= 4 is 9.84 Å². The predicted molar refractivity (Wildman–Crippen MR) is 85.9 cm³/mol. The molecule has 1 aromatic carbocycles. The van der Waals surface area contributed by atoms with Gasteiger partial charge in [0.1, 0.15) is 0 Å². The number of benzene rings is 1. The van der Waals surface area contributed by atoms with Crippen LogP contribution in [-0.2, 0) is 9.84 Å². The van der Waals surface area contributed by atoms with E-state index in [-0.39, 0.29) is 17.0 Å². The molecule has 0 fully saturated rings. The standard InChI is InChI=1S/C16H27NO2S/c1-6-9-17-16(11-20(18,19)12(2)3)15-8-7-13(4)14(5)10-15/h7-8,10,12,16-17H,6,9,11H2,1-5H3. The molecule has 1 atom stereocenters. The zero-order valence-electron chi connectivity index (χ0n) is 13.2. The van der Waals surface area contributed by atoms with Crippen molar-refractivity contribution < 1.29 is 8.42 Å². The minimum atomic E-state index is -3.06. The molecular weight excluding hydrogens is 270 g/mol. The third kappa shape index (κ3) is 4.60. The van der Waals surface area contributed by atoms with E-state index in [4.69, 9.17) is 0 Å². The van der Waals surface area contributed by atoms with E-state index in [1.165, 1.54) is 11.1 Å². The largest absolute Gasteiger partial charge is 0.309 e. The molecule has 0 aliphatic heterocycles. The molecule has 3 nitrogen and oxygen atoms in total. The Balaban J connectivity index is 3.02. The van der Waals surface area contributed by atoms with E-state index in [9.17, 15) is 8.42 Å². The Labute approximate surface area is 123 Å². The molecule has 1 aromatic rings. The van der Waals surface area contributed by atoms with Gasteiger partial charge < -0.3 is 5.32 Å². The zero-order valence-corrected chi connectivity index (χ0v) is 14.0. The summed E-state index contributed by atoms with van der Waals surface area (Å²) in [6.07, 6.45) is 0.989. The van der Waals surface area contributed by atoms with Gasteiger partial charge in [0.15, 0.2) is 9.84 Å². The van der Waals surface area contributed by atoms with Gasteiger partial charge >= 0.3 is 0 Å². The van der Waals surface area contributed by atoms with Gasteiger partial charge in [-0.25, -0.2) is 8.42 Å². The number of sulfone groups is 1. The fourth-order valence-electron chi connectivity index (χ4n) is 2.00. The Morgan fingerprint density at radius 1 is 1.15 bits per heavy atom. The Morgan fingerprint density at radius 3 is 2.30 bits per heavy atom. The van der Waals surface area contributed by atoms with E-state index >= 15 is 0 Å². The summed E-state index contributed by atoms with van der Waals surface area (Å²) in [6, 6.07) is 6.07. The van der Waals surface area contributed by atoms with E-state index in [0.717, 1.165) is 18.5 Å². The van der Waals surface area contributed by atoms with Crippen LogP contribution in [0.1, 0.15) is 49.9 Å². The van der Waals surface area contributed by atoms with E-state index in [1.54, 1.807) is 13.8 Å². The van der Waals surface area contributed by atoms with Crippen molar-refractivity contribution in [1.29, 1.82) is 0 Å². The van der Waals surface area contributed by atoms with Crippen LogP contribution in [-0.4, -0.2) is 26.0 Å². The van der Waals surface area contributed by atoms with Crippen LogP contribution in [0.25, 0.3) is 0 Å². The molecule has 0 spiro atoms. The van der Waals surface area contributed by atoms with Crippen LogP contribution in [0.3, 0.4) is 0 Å². The lowest BCUT2D eigenvalue weighted by Gasteiger charge is -2.21. The minimum Gasteiger partial charge on any atom is -0.309 e. The quantitative estimate of drug-likeness (QED) is 0.841. The molecule has 20 heavy (non-hydrogen) atoms. The fraction of sp³-hybridized carbons (Fsp3) is 0.625. The highest BCUT2D eigenvalue weighted by Crippen LogP contribution is 2.20. The molecule has 1 rings (SSSR count). The van der Waals surface area contributed by atoms with Gasteiger partial charge in [0, 0.05) is 6.04 Å². The summed E-state index contributed by atoms with van der Waals surface area (Å²) in [7, 11) is -3.06. The molecule has 0 bridgehead atoms. The third-order valence-corrected chi connectivity index (χ3v) is 5.93. The topological polar surface area (TPSA) is 46.2 Å². The van der Waals surface area contributed by atoms with Gasteiger partial charge in [0.05, 0.1) is 11.0 Å². The van der Waals surface area contributed by atoms with Crippen LogP contribution in [0.4, 0.5) is 0 Å². The average molecular weight is 297 g/mol. The Hall–Kier alpha value is -0.870. The van der Waals surface area contributed by atoms with E-state index in [0.29, 0.717) is 0 Å². The minimum absolute atomic E-state index is 0.123. The molecule has 0 aliphatic rings. The molecule has 0 saturated carbocycles. The van der Waals surface area contributed by atoms with Gasteiger partial charge in [-0.05, 0) is 57.4 Å². The molecule has 0 amide bonds. The Morgan fingerprint density at radius 2 is 1.80 bits per heavy atom. The van der Waals surface area contributed by atoms with Crippen molar-refractivity contribution in [2.75, 3.05) is 12.3 Å². The van der Waals surface area contributed by atoms with Crippen LogP contribution in [0, 0.1) is 13.8 Å². The normalized spacial score (nSPS) is 13.7. The average Bonchev–Trinajstić information content (AvgIpc) is 2.37. The summed E-state index contributed by atoms with van der Waals surface area (Å²) in [5.74, 6) is 0.160. The first kappa shape index (κ1) is 17.2. The molecular formula is C16H27NO2S. The van der Waals surface area contributed by atoms with Crippen molar-refractivity contribution in [2.24, 2.45) is 0 Å². The van der Waals surface area contributed by atoms with Crippen molar-refractivity contribution in [3.05, 3.63) is 34.9 Å². The highest BCUT2D eigenvalue weighted by molar-refractivity contribution is 7.92. The second-order valence-corrected chi connectivity index (χ2v) is 8.33. The lowest BCUT2D eigenvalue weighted by molar-refractivity contribution is 0.541. The molecule has 1 N–H and O–H groups in total. The van der Waals surface area contributed by atoms with E-state index in [1.807, 2.05) is 6.07 Å². The summed E-state index contributed by atoms with van der Waals surface area (Å²) >= 11 is 0. The van der Waals surface area contributed by atoms with Gasteiger partial charge in [-0.1, -0.05) is 25.1 Å². The van der Waals surface area contributed by atoms with Crippen molar-refractivity contribution in [2.45, 2.75) is 52.3 Å². The first-order valence-electron chi connectivity index (χ1n) is 7.30. The molecule has 0 heterocycles. The van der Waals surface area contributed by atoms with Crippen LogP contribution in [0.2, 0.25) is 0 Å². The maximum absolute atomic E-state index is 12.2. The molecule has 0 aliphatic carbocycles. The molecule has 1 unspecified atom stereocenters. The smallest absolute Gasteiger partial charge is 0.154 e. The first-order chi connectivity index (χ1) is 9.27. The van der Waals surface area contributed by atoms with Crippen LogP contribution in [0.5, 0.6) is 0 Å². The van der Waals surface area contributed by atoms with Crippen molar-refractivity contribution in [3.63, 3.8) is 0 Å². The summed E-state index contributed by atoms with van der Waals surface area (Å²) in [6.45, 7) is 10.5. The number of rotatable bonds is 7. The van der Waals surface area contributed by atoms with Crippen molar-refractivity contribution in [1.82, 2.24) is 5.32 Å². The summed E-state index contributed by atoms with van der Waals surface area (Å²) in [5.41, 5.74) is 3.49. The molecule has 114 valence electrons. The summed E-state index contributed by atoms with van der Waals surface area (Å²) in [5, 5.41) is 3.03. The first-order valence-corrected chi connectivity index (χ1v) is 9.01. The number of hydrogen-bond donors (Lipinski definition) is 1. The SMILES string of the molecule is CCCNC(CS(=O)(=O)C(C)C)c1ccc(C)c(C)c1. The molecule has 0 saturated heterocycles. The van der Waals surface area contributed by atoms with Crippen LogP contribution >= 0.6 is 0 Å². The molecule has 0 radical (unpaired) electrons. The van der Waals surface area contributed by atoms with Gasteiger partial charge in [-0.3, -0.25) is 0 Å².